The van der Waals surface area contributed by atoms with Gasteiger partial charge in [0, 0.05) is 6.54 Å². The Bertz CT molecular complexity index is 434. The molecule has 0 aliphatic carbocycles. The quantitative estimate of drug-likeness (QED) is 0.612. The number of urea groups is 1. The van der Waals surface area contributed by atoms with Gasteiger partial charge in [-0.1, -0.05) is 50.1 Å². The highest BCUT2D eigenvalue weighted by molar-refractivity contribution is 5.82. The highest BCUT2D eigenvalue weighted by atomic mass is 16.4. The van der Waals surface area contributed by atoms with Gasteiger partial charge in [-0.2, -0.15) is 0 Å². The van der Waals surface area contributed by atoms with Gasteiger partial charge >= 0.3 is 12.0 Å². The number of carbonyl (C=O) groups is 2. The van der Waals surface area contributed by atoms with Gasteiger partial charge in [-0.15, -0.1) is 0 Å². The van der Waals surface area contributed by atoms with Crippen molar-refractivity contribution in [1.82, 2.24) is 10.6 Å². The van der Waals surface area contributed by atoms with Crippen molar-refractivity contribution >= 4 is 12.0 Å². The predicted octanol–water partition coefficient (Wildman–Crippen LogP) is 2.56. The van der Waals surface area contributed by atoms with Gasteiger partial charge < -0.3 is 15.7 Å². The molecule has 0 bridgehead atoms. The fourth-order valence-electron chi connectivity index (χ4n) is 2.01. The molecular weight excluding hydrogens is 268 g/mol. The number of hydrogen-bond acceptors (Lipinski definition) is 2. The molecule has 1 atom stereocenters. The van der Waals surface area contributed by atoms with Crippen LogP contribution in [0.25, 0.3) is 0 Å². The van der Waals surface area contributed by atoms with E-state index in [-0.39, 0.29) is 0 Å². The van der Waals surface area contributed by atoms with E-state index in [9.17, 15) is 9.59 Å². The van der Waals surface area contributed by atoms with Crippen molar-refractivity contribution in [3.8, 4) is 0 Å². The fourth-order valence-corrected chi connectivity index (χ4v) is 2.01. The first-order valence-electron chi connectivity index (χ1n) is 7.44. The van der Waals surface area contributed by atoms with Gasteiger partial charge in [-0.3, -0.25) is 0 Å². The van der Waals surface area contributed by atoms with Crippen molar-refractivity contribution in [1.29, 1.82) is 0 Å². The Morgan fingerprint density at radius 2 is 1.90 bits per heavy atom. The largest absolute Gasteiger partial charge is 0.480 e. The molecule has 0 saturated carbocycles. The number of aryl methyl sites for hydroxylation is 1. The summed E-state index contributed by atoms with van der Waals surface area (Å²) in [5, 5.41) is 14.2. The van der Waals surface area contributed by atoms with E-state index < -0.39 is 18.0 Å². The Morgan fingerprint density at radius 1 is 1.19 bits per heavy atom. The number of rotatable bonds is 9. The van der Waals surface area contributed by atoms with Gasteiger partial charge in [0.1, 0.15) is 6.04 Å². The molecule has 3 N–H and O–H groups in total. The summed E-state index contributed by atoms with van der Waals surface area (Å²) in [6.45, 7) is 2.52. The number of benzene rings is 1. The summed E-state index contributed by atoms with van der Waals surface area (Å²) in [7, 11) is 0. The lowest BCUT2D eigenvalue weighted by atomic mass is 10.1. The van der Waals surface area contributed by atoms with Gasteiger partial charge in [0.15, 0.2) is 0 Å². The first-order valence-corrected chi connectivity index (χ1v) is 7.44. The molecule has 116 valence electrons. The van der Waals surface area contributed by atoms with Crippen LogP contribution < -0.4 is 10.6 Å². The smallest absolute Gasteiger partial charge is 0.326 e. The number of hydrogen-bond donors (Lipinski definition) is 3. The topological polar surface area (TPSA) is 78.4 Å². The number of unbranched alkanes of at least 4 members (excludes halogenated alkanes) is 1. The molecule has 0 aliphatic rings. The summed E-state index contributed by atoms with van der Waals surface area (Å²) < 4.78 is 0. The molecule has 0 aromatic heterocycles. The average molecular weight is 292 g/mol. The minimum Gasteiger partial charge on any atom is -0.480 e. The molecule has 5 nitrogen and oxygen atoms in total. The summed E-state index contributed by atoms with van der Waals surface area (Å²) in [5.41, 5.74) is 1.23. The zero-order chi connectivity index (χ0) is 15.5. The molecule has 0 fully saturated rings. The number of nitrogens with one attached hydrogen (secondary N) is 2. The SMILES string of the molecule is CCCC[C@H](NC(=O)NCCCc1ccccc1)C(=O)O. The van der Waals surface area contributed by atoms with E-state index in [4.69, 9.17) is 5.11 Å². The van der Waals surface area contributed by atoms with Crippen LogP contribution >= 0.6 is 0 Å². The molecule has 0 saturated heterocycles. The lowest BCUT2D eigenvalue weighted by Gasteiger charge is -2.14. The standard InChI is InChI=1S/C16H24N2O3/c1-2-3-11-14(15(19)20)18-16(21)17-12-7-10-13-8-5-4-6-9-13/h4-6,8-9,14H,2-3,7,10-12H2,1H3,(H,19,20)(H2,17,18,21)/t14-/m0/s1. The summed E-state index contributed by atoms with van der Waals surface area (Å²) >= 11 is 0. The van der Waals surface area contributed by atoms with Crippen molar-refractivity contribution < 1.29 is 14.7 Å². The van der Waals surface area contributed by atoms with E-state index in [1.54, 1.807) is 0 Å². The maximum Gasteiger partial charge on any atom is 0.326 e. The molecule has 0 spiro atoms. The van der Waals surface area contributed by atoms with Crippen LogP contribution in [-0.4, -0.2) is 29.7 Å². The minimum absolute atomic E-state index is 0.411. The number of carboxylic acid groups (broad SMARTS) is 1. The van der Waals surface area contributed by atoms with Crippen LogP contribution in [0.15, 0.2) is 30.3 Å². The van der Waals surface area contributed by atoms with Gasteiger partial charge in [-0.05, 0) is 24.8 Å². The molecule has 21 heavy (non-hydrogen) atoms. The third kappa shape index (κ3) is 7.34. The van der Waals surface area contributed by atoms with Crippen LogP contribution in [-0.2, 0) is 11.2 Å². The maximum absolute atomic E-state index is 11.6. The van der Waals surface area contributed by atoms with Crippen LogP contribution in [0.5, 0.6) is 0 Å². The highest BCUT2D eigenvalue weighted by Crippen LogP contribution is 2.02. The normalized spacial score (nSPS) is 11.7. The third-order valence-electron chi connectivity index (χ3n) is 3.22. The summed E-state index contributed by atoms with van der Waals surface area (Å²) in [4.78, 5) is 22.7. The van der Waals surface area contributed by atoms with Crippen molar-refractivity contribution in [3.63, 3.8) is 0 Å². The van der Waals surface area contributed by atoms with Gasteiger partial charge in [0.05, 0.1) is 0 Å². The van der Waals surface area contributed by atoms with E-state index in [0.29, 0.717) is 13.0 Å². The molecule has 2 amide bonds. The van der Waals surface area contributed by atoms with E-state index in [0.717, 1.165) is 25.7 Å². The second kappa shape index (κ2) is 9.80. The lowest BCUT2D eigenvalue weighted by molar-refractivity contribution is -0.139. The lowest BCUT2D eigenvalue weighted by Crippen LogP contribution is -2.46. The Morgan fingerprint density at radius 3 is 2.52 bits per heavy atom. The van der Waals surface area contributed by atoms with E-state index in [1.165, 1.54) is 5.56 Å². The third-order valence-corrected chi connectivity index (χ3v) is 3.22. The summed E-state index contributed by atoms with van der Waals surface area (Å²) in [6, 6.07) is 8.82. The van der Waals surface area contributed by atoms with Crippen molar-refractivity contribution in [2.24, 2.45) is 0 Å². The first-order chi connectivity index (χ1) is 10.1. The van der Waals surface area contributed by atoms with E-state index in [2.05, 4.69) is 10.6 Å². The maximum atomic E-state index is 11.6. The van der Waals surface area contributed by atoms with E-state index in [1.807, 2.05) is 37.3 Å². The Balaban J connectivity index is 2.21. The molecule has 5 heteroatoms. The van der Waals surface area contributed by atoms with Gasteiger partial charge in [0.2, 0.25) is 0 Å². The molecule has 1 rings (SSSR count). The Labute approximate surface area is 125 Å². The molecule has 1 aromatic carbocycles. The summed E-state index contributed by atoms with van der Waals surface area (Å²) in [5.74, 6) is -0.983. The summed E-state index contributed by atoms with van der Waals surface area (Å²) in [6.07, 6.45) is 3.86. The zero-order valence-electron chi connectivity index (χ0n) is 12.5. The number of aliphatic carboxylic acids is 1. The second-order valence-corrected chi connectivity index (χ2v) is 5.02. The predicted molar refractivity (Wildman–Crippen MR) is 82.2 cm³/mol. The molecular formula is C16H24N2O3. The molecule has 0 unspecified atom stereocenters. The van der Waals surface area contributed by atoms with Crippen molar-refractivity contribution in [3.05, 3.63) is 35.9 Å². The number of carboxylic acids is 1. The van der Waals surface area contributed by atoms with Crippen LogP contribution in [0.3, 0.4) is 0 Å². The van der Waals surface area contributed by atoms with Crippen molar-refractivity contribution in [2.75, 3.05) is 6.54 Å². The number of carbonyl (C=O) groups excluding carboxylic acids is 1. The van der Waals surface area contributed by atoms with Crippen LogP contribution in [0.2, 0.25) is 0 Å². The van der Waals surface area contributed by atoms with Gasteiger partial charge in [0.25, 0.3) is 0 Å². The van der Waals surface area contributed by atoms with Gasteiger partial charge in [-0.25, -0.2) is 9.59 Å². The highest BCUT2D eigenvalue weighted by Gasteiger charge is 2.18. The zero-order valence-corrected chi connectivity index (χ0v) is 12.5. The van der Waals surface area contributed by atoms with Crippen LogP contribution in [0.1, 0.15) is 38.2 Å². The van der Waals surface area contributed by atoms with Crippen LogP contribution in [0, 0.1) is 0 Å². The molecule has 0 radical (unpaired) electrons. The monoisotopic (exact) mass is 292 g/mol. The van der Waals surface area contributed by atoms with Crippen molar-refractivity contribution in [2.45, 2.75) is 45.1 Å². The van der Waals surface area contributed by atoms with Crippen LogP contribution in [0.4, 0.5) is 4.79 Å². The van der Waals surface area contributed by atoms with E-state index >= 15 is 0 Å². The first kappa shape index (κ1) is 17.0. The Kier molecular flexibility index (Phi) is 7.94. The second-order valence-electron chi connectivity index (χ2n) is 5.02. The Hall–Kier alpha value is -2.04. The molecule has 1 aromatic rings. The average Bonchev–Trinajstić information content (AvgIpc) is 2.48. The molecule has 0 heterocycles. The molecule has 0 aliphatic heterocycles. The number of amides is 2. The fraction of sp³-hybridized carbons (Fsp3) is 0.500. The minimum atomic E-state index is -0.983.